The van der Waals surface area contributed by atoms with Gasteiger partial charge in [0.05, 0.1) is 0 Å². The van der Waals surface area contributed by atoms with E-state index in [1.165, 1.54) is 134 Å². The van der Waals surface area contributed by atoms with Gasteiger partial charge in [0.25, 0.3) is 0 Å². The summed E-state index contributed by atoms with van der Waals surface area (Å²) in [5.74, 6) is -0.255. The molecule has 0 aliphatic heterocycles. The Labute approximate surface area is 180 Å². The van der Waals surface area contributed by atoms with Crippen LogP contribution in [0.4, 0.5) is 0 Å². The van der Waals surface area contributed by atoms with Crippen LogP contribution in [0.1, 0.15) is 136 Å². The van der Waals surface area contributed by atoms with Crippen LogP contribution < -0.4 is 0 Å². The van der Waals surface area contributed by atoms with Gasteiger partial charge in [-0.2, -0.15) is 0 Å². The summed E-state index contributed by atoms with van der Waals surface area (Å²) in [7, 11) is -1.63. The fourth-order valence-corrected chi connectivity index (χ4v) is 9.26. The Hall–Kier alpha value is 0.390. The SMILES string of the molecule is [CH2]C(O)[PH](CCCCCCCC)(CCCCCCCC)CCCCCCCC. The molecular formula is C26H56OP. The number of hydrogen-bond donors (Lipinski definition) is 1. The van der Waals surface area contributed by atoms with Crippen LogP contribution in [0.25, 0.3) is 0 Å². The maximum atomic E-state index is 10.7. The van der Waals surface area contributed by atoms with Gasteiger partial charge in [0.15, 0.2) is 0 Å². The van der Waals surface area contributed by atoms with Crippen LogP contribution >= 0.6 is 7.26 Å². The molecule has 1 N–H and O–H groups in total. The molecule has 1 atom stereocenters. The standard InChI is InChI=1S/C26H56OP/c1-5-8-11-14-17-20-23-28(26(4)27,24-21-18-15-12-9-6-2)25-22-19-16-13-10-7-3/h26-28H,4-25H2,1-3H3. The third-order valence-corrected chi connectivity index (χ3v) is 12.3. The van der Waals surface area contributed by atoms with Gasteiger partial charge < -0.3 is 0 Å². The second-order valence-corrected chi connectivity index (χ2v) is 14.3. The molecule has 1 radical (unpaired) electrons. The number of aliphatic hydroxyl groups excluding tert-OH is 1. The van der Waals surface area contributed by atoms with Crippen LogP contribution in [-0.4, -0.2) is 29.4 Å². The fraction of sp³-hybridized carbons (Fsp3) is 0.962. The van der Waals surface area contributed by atoms with Crippen LogP contribution in [0.2, 0.25) is 0 Å². The van der Waals surface area contributed by atoms with Crippen molar-refractivity contribution in [3.63, 3.8) is 0 Å². The molecule has 0 aliphatic carbocycles. The Kier molecular flexibility index (Phi) is 20.9. The summed E-state index contributed by atoms with van der Waals surface area (Å²) in [6.45, 7) is 11.1. The van der Waals surface area contributed by atoms with E-state index in [2.05, 4.69) is 27.7 Å². The molecule has 0 saturated carbocycles. The zero-order valence-corrected chi connectivity index (χ0v) is 21.1. The van der Waals surface area contributed by atoms with E-state index in [1.807, 2.05) is 0 Å². The van der Waals surface area contributed by atoms with Gasteiger partial charge in [-0.05, 0) is 0 Å². The van der Waals surface area contributed by atoms with E-state index in [4.69, 9.17) is 0 Å². The van der Waals surface area contributed by atoms with Gasteiger partial charge in [0, 0.05) is 0 Å². The minimum absolute atomic E-state index is 0.255. The molecule has 0 aromatic heterocycles. The van der Waals surface area contributed by atoms with E-state index >= 15 is 0 Å². The first-order valence-electron chi connectivity index (χ1n) is 13.1. The molecule has 2 heteroatoms. The summed E-state index contributed by atoms with van der Waals surface area (Å²) in [6.07, 6.45) is 28.6. The molecule has 0 spiro atoms. The first-order valence-corrected chi connectivity index (χ1v) is 15.8. The number of aliphatic hydroxyl groups is 1. The zero-order chi connectivity index (χ0) is 20.9. The Morgan fingerprint density at radius 1 is 0.500 bits per heavy atom. The Morgan fingerprint density at radius 2 is 0.750 bits per heavy atom. The summed E-state index contributed by atoms with van der Waals surface area (Å²) >= 11 is 0. The summed E-state index contributed by atoms with van der Waals surface area (Å²) in [5, 5.41) is 10.7. The summed E-state index contributed by atoms with van der Waals surface area (Å²) < 4.78 is 0. The summed E-state index contributed by atoms with van der Waals surface area (Å²) in [5.41, 5.74) is 0. The van der Waals surface area contributed by atoms with Crippen LogP contribution in [0.3, 0.4) is 0 Å². The van der Waals surface area contributed by atoms with E-state index in [9.17, 15) is 5.11 Å². The van der Waals surface area contributed by atoms with Crippen molar-refractivity contribution in [2.45, 2.75) is 142 Å². The van der Waals surface area contributed by atoms with Crippen molar-refractivity contribution in [3.05, 3.63) is 6.92 Å². The van der Waals surface area contributed by atoms with Gasteiger partial charge in [0.1, 0.15) is 0 Å². The molecular weight excluding hydrogens is 359 g/mol. The topological polar surface area (TPSA) is 20.2 Å². The van der Waals surface area contributed by atoms with Crippen LogP contribution in [-0.2, 0) is 0 Å². The van der Waals surface area contributed by atoms with E-state index in [-0.39, 0.29) is 5.85 Å². The number of rotatable bonds is 22. The Balaban J connectivity index is 4.45. The summed E-state index contributed by atoms with van der Waals surface area (Å²) in [6, 6.07) is 0. The van der Waals surface area contributed by atoms with E-state index in [0.29, 0.717) is 0 Å². The second-order valence-electron chi connectivity index (χ2n) is 9.43. The normalized spacial score (nSPS) is 13.8. The van der Waals surface area contributed by atoms with Crippen molar-refractivity contribution in [1.29, 1.82) is 0 Å². The molecule has 0 saturated heterocycles. The molecule has 0 aliphatic rings. The molecule has 0 aromatic rings. The first kappa shape index (κ1) is 28.4. The minimum atomic E-state index is -1.63. The average molecular weight is 416 g/mol. The Bertz CT molecular complexity index is 262. The predicted molar refractivity (Wildman–Crippen MR) is 134 cm³/mol. The molecule has 0 bridgehead atoms. The Morgan fingerprint density at radius 3 is 1.00 bits per heavy atom. The van der Waals surface area contributed by atoms with Gasteiger partial charge >= 0.3 is 180 Å². The molecule has 0 aromatic carbocycles. The third kappa shape index (κ3) is 15.3. The van der Waals surface area contributed by atoms with Crippen molar-refractivity contribution in [1.82, 2.24) is 0 Å². The van der Waals surface area contributed by atoms with Crippen LogP contribution in [0.5, 0.6) is 0 Å². The number of unbranched alkanes of at least 4 members (excludes halogenated alkanes) is 15. The summed E-state index contributed by atoms with van der Waals surface area (Å²) in [4.78, 5) is 0. The van der Waals surface area contributed by atoms with Crippen LogP contribution in [0.15, 0.2) is 0 Å². The van der Waals surface area contributed by atoms with E-state index < -0.39 is 7.26 Å². The molecule has 1 nitrogen and oxygen atoms in total. The van der Waals surface area contributed by atoms with E-state index in [0.717, 1.165) is 0 Å². The maximum absolute atomic E-state index is 10.7. The average Bonchev–Trinajstić information content (AvgIpc) is 2.69. The van der Waals surface area contributed by atoms with Crippen molar-refractivity contribution in [2.75, 3.05) is 18.5 Å². The quantitative estimate of drug-likeness (QED) is 0.138. The van der Waals surface area contributed by atoms with Crippen LogP contribution in [0, 0.1) is 6.92 Å². The molecule has 0 fully saturated rings. The molecule has 28 heavy (non-hydrogen) atoms. The van der Waals surface area contributed by atoms with Crippen molar-refractivity contribution < 1.29 is 5.11 Å². The van der Waals surface area contributed by atoms with Gasteiger partial charge in [-0.1, -0.05) is 0 Å². The van der Waals surface area contributed by atoms with Gasteiger partial charge in [0.2, 0.25) is 0 Å². The number of hydrogen-bond acceptors (Lipinski definition) is 1. The fourth-order valence-electron chi connectivity index (χ4n) is 4.65. The van der Waals surface area contributed by atoms with Gasteiger partial charge in [-0.3, -0.25) is 0 Å². The third-order valence-electron chi connectivity index (χ3n) is 6.79. The first-order chi connectivity index (χ1) is 13.6. The van der Waals surface area contributed by atoms with Gasteiger partial charge in [-0.25, -0.2) is 0 Å². The molecule has 0 heterocycles. The van der Waals surface area contributed by atoms with Gasteiger partial charge in [-0.15, -0.1) is 0 Å². The van der Waals surface area contributed by atoms with E-state index in [1.54, 1.807) is 0 Å². The van der Waals surface area contributed by atoms with Crippen molar-refractivity contribution >= 4 is 7.26 Å². The van der Waals surface area contributed by atoms with Crippen molar-refractivity contribution in [3.8, 4) is 0 Å². The second kappa shape index (κ2) is 20.7. The molecule has 1 unspecified atom stereocenters. The zero-order valence-electron chi connectivity index (χ0n) is 20.1. The molecule has 0 rings (SSSR count). The molecule has 171 valence electrons. The predicted octanol–water partition coefficient (Wildman–Crippen LogP) is 8.97. The van der Waals surface area contributed by atoms with Crippen molar-refractivity contribution in [2.24, 2.45) is 0 Å². The molecule has 0 amide bonds. The monoisotopic (exact) mass is 415 g/mol.